The Labute approximate surface area is 81.6 Å². The summed E-state index contributed by atoms with van der Waals surface area (Å²) in [5.74, 6) is 0. The van der Waals surface area contributed by atoms with Gasteiger partial charge in [0.05, 0.1) is 0 Å². The van der Waals surface area contributed by atoms with E-state index in [1.54, 1.807) is 15.5 Å². The van der Waals surface area contributed by atoms with Gasteiger partial charge in [-0.05, 0) is 24.6 Å². The molecule has 0 bridgehead atoms. The van der Waals surface area contributed by atoms with Crippen LogP contribution in [-0.4, -0.2) is 14.8 Å². The largest absolute Gasteiger partial charge is 0.357 e. The molecule has 0 aliphatic heterocycles. The van der Waals surface area contributed by atoms with Crippen molar-refractivity contribution in [2.75, 3.05) is 0 Å². The Bertz CT molecular complexity index is 462. The molecule has 2 aromatic rings. The van der Waals surface area contributed by atoms with Gasteiger partial charge in [0.2, 0.25) is 6.33 Å². The summed E-state index contributed by atoms with van der Waals surface area (Å²) >= 11 is 0. The van der Waals surface area contributed by atoms with Crippen molar-refractivity contribution in [3.05, 3.63) is 30.1 Å². The normalized spacial score (nSPS) is 11.1. The molecular formula is C10H13N2O2+. The molecule has 0 aliphatic rings. The van der Waals surface area contributed by atoms with E-state index >= 15 is 0 Å². The number of imidazole rings is 1. The summed E-state index contributed by atoms with van der Waals surface area (Å²) in [7, 11) is 0. The van der Waals surface area contributed by atoms with E-state index in [1.165, 1.54) is 0 Å². The first-order chi connectivity index (χ1) is 6.76. The standard InChI is InChI=1S/C10H13N2O2/c1-8-2-3-9-10(4-8)12(7-14)5-11(9)6-13/h2-5,13-14H,6-7H2,1H3/q+1. The fourth-order valence-corrected chi connectivity index (χ4v) is 1.62. The number of aliphatic hydroxyl groups is 2. The molecule has 4 nitrogen and oxygen atoms in total. The quantitative estimate of drug-likeness (QED) is 0.666. The van der Waals surface area contributed by atoms with Gasteiger partial charge in [0.25, 0.3) is 0 Å². The zero-order valence-electron chi connectivity index (χ0n) is 8.01. The van der Waals surface area contributed by atoms with E-state index in [2.05, 4.69) is 0 Å². The third-order valence-electron chi connectivity index (χ3n) is 2.33. The van der Waals surface area contributed by atoms with Gasteiger partial charge in [0.1, 0.15) is 0 Å². The number of rotatable bonds is 2. The maximum Gasteiger partial charge on any atom is 0.248 e. The predicted molar refractivity (Wildman–Crippen MR) is 51.3 cm³/mol. The lowest BCUT2D eigenvalue weighted by Gasteiger charge is -1.92. The van der Waals surface area contributed by atoms with Gasteiger partial charge >= 0.3 is 0 Å². The van der Waals surface area contributed by atoms with Gasteiger partial charge in [-0.3, -0.25) is 0 Å². The molecular weight excluding hydrogens is 180 g/mol. The van der Waals surface area contributed by atoms with Crippen molar-refractivity contribution in [3.8, 4) is 0 Å². The highest BCUT2D eigenvalue weighted by molar-refractivity contribution is 5.72. The summed E-state index contributed by atoms with van der Waals surface area (Å²) in [6.07, 6.45) is 1.70. The van der Waals surface area contributed by atoms with Crippen molar-refractivity contribution in [2.45, 2.75) is 20.4 Å². The van der Waals surface area contributed by atoms with E-state index in [-0.39, 0.29) is 13.5 Å². The number of nitrogens with zero attached hydrogens (tertiary/aromatic N) is 2. The van der Waals surface area contributed by atoms with Gasteiger partial charge in [-0.1, -0.05) is 6.07 Å². The van der Waals surface area contributed by atoms with E-state index < -0.39 is 0 Å². The number of hydrogen-bond acceptors (Lipinski definition) is 2. The van der Waals surface area contributed by atoms with Crippen molar-refractivity contribution in [2.24, 2.45) is 0 Å². The molecule has 0 unspecified atom stereocenters. The summed E-state index contributed by atoms with van der Waals surface area (Å²) in [5.41, 5.74) is 2.99. The molecule has 0 aliphatic carbocycles. The van der Waals surface area contributed by atoms with Crippen LogP contribution in [0, 0.1) is 6.92 Å². The highest BCUT2D eigenvalue weighted by atomic mass is 16.3. The number of aliphatic hydroxyl groups excluding tert-OH is 2. The molecule has 0 atom stereocenters. The molecule has 0 fully saturated rings. The molecule has 0 saturated heterocycles. The smallest absolute Gasteiger partial charge is 0.248 e. The first-order valence-corrected chi connectivity index (χ1v) is 4.47. The molecule has 2 N–H and O–H groups in total. The number of fused-ring (bicyclic) bond motifs is 1. The van der Waals surface area contributed by atoms with E-state index in [1.807, 2.05) is 25.1 Å². The fraction of sp³-hybridized carbons (Fsp3) is 0.300. The van der Waals surface area contributed by atoms with Crippen LogP contribution in [0.15, 0.2) is 24.5 Å². The lowest BCUT2D eigenvalue weighted by molar-refractivity contribution is -0.707. The highest BCUT2D eigenvalue weighted by Gasteiger charge is 2.13. The molecule has 0 radical (unpaired) electrons. The van der Waals surface area contributed by atoms with Gasteiger partial charge < -0.3 is 10.2 Å². The van der Waals surface area contributed by atoms with Gasteiger partial charge in [0.15, 0.2) is 24.5 Å². The molecule has 14 heavy (non-hydrogen) atoms. The first kappa shape index (κ1) is 9.18. The second-order valence-electron chi connectivity index (χ2n) is 3.33. The first-order valence-electron chi connectivity index (χ1n) is 4.47. The van der Waals surface area contributed by atoms with Crippen LogP contribution in [-0.2, 0) is 13.5 Å². The topological polar surface area (TPSA) is 49.3 Å². The average molecular weight is 193 g/mol. The Morgan fingerprint density at radius 2 is 2.14 bits per heavy atom. The van der Waals surface area contributed by atoms with Crippen LogP contribution in [0.4, 0.5) is 0 Å². The van der Waals surface area contributed by atoms with E-state index in [0.717, 1.165) is 16.6 Å². The Morgan fingerprint density at radius 1 is 1.36 bits per heavy atom. The van der Waals surface area contributed by atoms with Crippen molar-refractivity contribution in [1.82, 2.24) is 4.57 Å². The van der Waals surface area contributed by atoms with Crippen molar-refractivity contribution >= 4 is 11.0 Å². The fourth-order valence-electron chi connectivity index (χ4n) is 1.62. The van der Waals surface area contributed by atoms with Crippen LogP contribution in [0.2, 0.25) is 0 Å². The number of aromatic nitrogens is 2. The highest BCUT2D eigenvalue weighted by Crippen LogP contribution is 2.12. The number of aryl methyl sites for hydroxylation is 1. The minimum Gasteiger partial charge on any atom is -0.357 e. The molecule has 2 rings (SSSR count). The molecule has 0 spiro atoms. The second-order valence-corrected chi connectivity index (χ2v) is 3.33. The monoisotopic (exact) mass is 193 g/mol. The van der Waals surface area contributed by atoms with Gasteiger partial charge in [-0.2, -0.15) is 0 Å². The minimum atomic E-state index is -0.0768. The summed E-state index contributed by atoms with van der Waals surface area (Å²) < 4.78 is 3.38. The zero-order chi connectivity index (χ0) is 10.1. The Balaban J connectivity index is 2.75. The summed E-state index contributed by atoms with van der Waals surface area (Å²) in [6, 6.07) is 5.90. The number of hydrogen-bond donors (Lipinski definition) is 2. The third-order valence-corrected chi connectivity index (χ3v) is 2.33. The van der Waals surface area contributed by atoms with Crippen LogP contribution >= 0.6 is 0 Å². The summed E-state index contributed by atoms with van der Waals surface area (Å²) in [5, 5.41) is 18.2. The minimum absolute atomic E-state index is 0.0764. The number of benzene rings is 1. The van der Waals surface area contributed by atoms with E-state index in [4.69, 9.17) is 10.2 Å². The second kappa shape index (κ2) is 3.40. The SMILES string of the molecule is Cc1ccc2c(c1)n(CO)c[n+]2CO. The molecule has 0 amide bonds. The van der Waals surface area contributed by atoms with Crippen LogP contribution in [0.25, 0.3) is 11.0 Å². The molecule has 1 heterocycles. The van der Waals surface area contributed by atoms with E-state index in [9.17, 15) is 0 Å². The molecule has 1 aromatic carbocycles. The van der Waals surface area contributed by atoms with Crippen molar-refractivity contribution in [1.29, 1.82) is 0 Å². The van der Waals surface area contributed by atoms with Crippen LogP contribution in [0.1, 0.15) is 5.56 Å². The molecule has 1 aromatic heterocycles. The third kappa shape index (κ3) is 1.29. The zero-order valence-corrected chi connectivity index (χ0v) is 8.01. The van der Waals surface area contributed by atoms with Crippen LogP contribution in [0.3, 0.4) is 0 Å². The lowest BCUT2D eigenvalue weighted by atomic mass is 10.2. The van der Waals surface area contributed by atoms with Gasteiger partial charge in [-0.25, -0.2) is 9.13 Å². The molecule has 4 heteroatoms. The van der Waals surface area contributed by atoms with Crippen LogP contribution < -0.4 is 4.57 Å². The van der Waals surface area contributed by atoms with Gasteiger partial charge in [-0.15, -0.1) is 0 Å². The molecule has 0 saturated carbocycles. The van der Waals surface area contributed by atoms with E-state index in [0.29, 0.717) is 0 Å². The predicted octanol–water partition coefficient (Wildman–Crippen LogP) is 0.137. The average Bonchev–Trinajstić information content (AvgIpc) is 2.55. The van der Waals surface area contributed by atoms with Gasteiger partial charge in [0, 0.05) is 0 Å². The maximum atomic E-state index is 9.10. The molecule has 74 valence electrons. The lowest BCUT2D eigenvalue weighted by Crippen LogP contribution is -2.31. The van der Waals surface area contributed by atoms with Crippen LogP contribution in [0.5, 0.6) is 0 Å². The Morgan fingerprint density at radius 3 is 2.79 bits per heavy atom. The summed E-state index contributed by atoms with van der Waals surface area (Å²) in [4.78, 5) is 0. The Kier molecular flexibility index (Phi) is 2.23. The Hall–Kier alpha value is -1.39. The summed E-state index contributed by atoms with van der Waals surface area (Å²) in [6.45, 7) is 1.84. The van der Waals surface area contributed by atoms with Crippen molar-refractivity contribution in [3.63, 3.8) is 0 Å². The van der Waals surface area contributed by atoms with Crippen molar-refractivity contribution < 1.29 is 14.8 Å². The maximum absolute atomic E-state index is 9.10.